The van der Waals surface area contributed by atoms with Crippen molar-refractivity contribution in [2.24, 2.45) is 0 Å². The standard InChI is InChI=1S/C23H27N7O5S/c1-3-17-12-30(4-5-34-17)13-21-28-29-23(35-21)18-7-14(8-20-19(18)11-25-27-20)15-6-16(10-26-36(31)32)22(33-2)24-9-15/h6-9,11,17,36H,3-5,10,12-13H2,1-2H3,(H,25,27)(H,26,31,32). The van der Waals surface area contributed by atoms with Crippen molar-refractivity contribution in [3.8, 4) is 28.5 Å². The number of aromatic amines is 1. The van der Waals surface area contributed by atoms with E-state index in [0.29, 0.717) is 36.4 Å². The maximum Gasteiger partial charge on any atom is 0.248 e. The molecule has 1 saturated heterocycles. The van der Waals surface area contributed by atoms with Gasteiger partial charge < -0.3 is 13.9 Å². The van der Waals surface area contributed by atoms with E-state index in [-0.39, 0.29) is 12.6 Å². The molecule has 2 N–H and O–H groups in total. The van der Waals surface area contributed by atoms with Crippen LogP contribution in [-0.4, -0.2) is 71.6 Å². The Labute approximate surface area is 209 Å². The zero-order valence-electron chi connectivity index (χ0n) is 19.9. The third-order valence-electron chi connectivity index (χ3n) is 6.14. The zero-order chi connectivity index (χ0) is 25.1. The Morgan fingerprint density at radius 1 is 1.22 bits per heavy atom. The first-order valence-corrected chi connectivity index (χ1v) is 12.8. The van der Waals surface area contributed by atoms with Crippen LogP contribution in [-0.2, 0) is 28.7 Å². The first-order valence-electron chi connectivity index (χ1n) is 11.6. The highest BCUT2D eigenvalue weighted by Gasteiger charge is 2.22. The second kappa shape index (κ2) is 10.7. The van der Waals surface area contributed by atoms with Gasteiger partial charge in [-0.25, -0.2) is 18.1 Å². The number of benzene rings is 1. The molecule has 36 heavy (non-hydrogen) atoms. The highest BCUT2D eigenvalue weighted by Crippen LogP contribution is 2.34. The highest BCUT2D eigenvalue weighted by atomic mass is 32.2. The lowest BCUT2D eigenvalue weighted by Crippen LogP contribution is -2.41. The van der Waals surface area contributed by atoms with Gasteiger partial charge in [-0.1, -0.05) is 6.92 Å². The molecule has 0 bridgehead atoms. The van der Waals surface area contributed by atoms with Crippen LogP contribution in [0.4, 0.5) is 0 Å². The average molecular weight is 514 g/mol. The molecule has 1 aromatic carbocycles. The minimum absolute atomic E-state index is 0.0648. The van der Waals surface area contributed by atoms with Crippen molar-refractivity contribution in [3.63, 3.8) is 0 Å². The van der Waals surface area contributed by atoms with Gasteiger partial charge in [0.15, 0.2) is 0 Å². The number of rotatable bonds is 9. The maximum absolute atomic E-state index is 11.0. The van der Waals surface area contributed by atoms with E-state index < -0.39 is 10.9 Å². The summed E-state index contributed by atoms with van der Waals surface area (Å²) in [5.41, 5.74) is 3.73. The van der Waals surface area contributed by atoms with Crippen LogP contribution in [0.25, 0.3) is 33.5 Å². The smallest absolute Gasteiger partial charge is 0.248 e. The quantitative estimate of drug-likeness (QED) is 0.283. The van der Waals surface area contributed by atoms with Gasteiger partial charge in [0.05, 0.1) is 43.6 Å². The van der Waals surface area contributed by atoms with E-state index in [1.54, 1.807) is 12.4 Å². The van der Waals surface area contributed by atoms with Gasteiger partial charge in [0.2, 0.25) is 28.6 Å². The van der Waals surface area contributed by atoms with Crippen LogP contribution in [0.5, 0.6) is 5.88 Å². The van der Waals surface area contributed by atoms with Crippen molar-refractivity contribution in [3.05, 3.63) is 42.0 Å². The Kier molecular flexibility index (Phi) is 7.23. The summed E-state index contributed by atoms with van der Waals surface area (Å²) in [4.78, 5) is 6.61. The van der Waals surface area contributed by atoms with Crippen LogP contribution >= 0.6 is 0 Å². The highest BCUT2D eigenvalue weighted by molar-refractivity contribution is 7.70. The first kappa shape index (κ1) is 24.3. The molecular weight excluding hydrogens is 486 g/mol. The third kappa shape index (κ3) is 5.23. The summed E-state index contributed by atoms with van der Waals surface area (Å²) in [5, 5.41) is 16.6. The maximum atomic E-state index is 11.0. The number of fused-ring (bicyclic) bond motifs is 1. The van der Waals surface area contributed by atoms with E-state index >= 15 is 0 Å². The van der Waals surface area contributed by atoms with Gasteiger partial charge in [-0.2, -0.15) is 5.10 Å². The molecule has 1 atom stereocenters. The molecule has 0 aliphatic carbocycles. The molecule has 4 heterocycles. The van der Waals surface area contributed by atoms with Crippen molar-refractivity contribution >= 4 is 21.8 Å². The van der Waals surface area contributed by atoms with Crippen molar-refractivity contribution in [1.82, 2.24) is 35.0 Å². The molecule has 5 rings (SSSR count). The summed E-state index contributed by atoms with van der Waals surface area (Å²) >= 11 is 0. The fraction of sp³-hybridized carbons (Fsp3) is 0.391. The van der Waals surface area contributed by atoms with Crippen LogP contribution in [0.15, 0.2) is 35.0 Å². The van der Waals surface area contributed by atoms with Crippen LogP contribution in [0.2, 0.25) is 0 Å². The molecule has 190 valence electrons. The summed E-state index contributed by atoms with van der Waals surface area (Å²) < 4.78 is 41.6. The second-order valence-corrected chi connectivity index (χ2v) is 9.31. The van der Waals surface area contributed by atoms with E-state index in [0.717, 1.165) is 47.1 Å². The molecule has 0 spiro atoms. The van der Waals surface area contributed by atoms with Gasteiger partial charge in [-0.05, 0) is 30.2 Å². The molecule has 0 amide bonds. The van der Waals surface area contributed by atoms with Gasteiger partial charge in [0, 0.05) is 42.3 Å². The first-order chi connectivity index (χ1) is 17.5. The van der Waals surface area contributed by atoms with Gasteiger partial charge in [-0.3, -0.25) is 10.00 Å². The number of morpholine rings is 1. The summed E-state index contributed by atoms with van der Waals surface area (Å²) in [5.74, 6) is 1.28. The number of methoxy groups -OCH3 is 1. The Morgan fingerprint density at radius 3 is 2.92 bits per heavy atom. The molecule has 13 heteroatoms. The molecular formula is C23H27N7O5S. The van der Waals surface area contributed by atoms with Gasteiger partial charge in [0.1, 0.15) is 0 Å². The molecule has 3 aromatic heterocycles. The molecule has 4 aromatic rings. The topological polar surface area (TPSA) is 148 Å². The van der Waals surface area contributed by atoms with Crippen molar-refractivity contribution < 1.29 is 22.3 Å². The lowest BCUT2D eigenvalue weighted by atomic mass is 10.0. The molecule has 0 radical (unpaired) electrons. The largest absolute Gasteiger partial charge is 0.481 e. The second-order valence-electron chi connectivity index (χ2n) is 8.48. The van der Waals surface area contributed by atoms with E-state index in [2.05, 4.69) is 41.9 Å². The van der Waals surface area contributed by atoms with Crippen molar-refractivity contribution in [2.75, 3.05) is 26.8 Å². The minimum Gasteiger partial charge on any atom is -0.481 e. The van der Waals surface area contributed by atoms with E-state index in [4.69, 9.17) is 13.9 Å². The SMILES string of the molecule is CCC1CN(Cc2nnc(-c3cc(-c4cnc(OC)c(CN[SH](=O)=O)c4)cc4[nH]ncc34)o2)CCO1. The lowest BCUT2D eigenvalue weighted by Gasteiger charge is -2.31. The predicted octanol–water partition coefficient (Wildman–Crippen LogP) is 1.91. The summed E-state index contributed by atoms with van der Waals surface area (Å²) in [7, 11) is -1.26. The number of thiol groups is 1. The van der Waals surface area contributed by atoms with E-state index in [1.807, 2.05) is 18.2 Å². The van der Waals surface area contributed by atoms with Crippen molar-refractivity contribution in [2.45, 2.75) is 32.5 Å². The summed E-state index contributed by atoms with van der Waals surface area (Å²) in [6.07, 6.45) is 4.57. The number of pyridine rings is 1. The number of nitrogens with one attached hydrogen (secondary N) is 2. The fourth-order valence-electron chi connectivity index (χ4n) is 4.30. The number of aromatic nitrogens is 5. The molecule has 1 unspecified atom stereocenters. The number of H-pyrrole nitrogens is 1. The lowest BCUT2D eigenvalue weighted by molar-refractivity contribution is -0.0346. The number of hydrogen-bond donors (Lipinski definition) is 3. The Bertz CT molecular complexity index is 1430. The van der Waals surface area contributed by atoms with Crippen LogP contribution in [0.3, 0.4) is 0 Å². The number of ether oxygens (including phenoxy) is 2. The molecule has 12 nitrogen and oxygen atoms in total. The third-order valence-corrected chi connectivity index (χ3v) is 6.56. The van der Waals surface area contributed by atoms with Gasteiger partial charge in [0.25, 0.3) is 0 Å². The van der Waals surface area contributed by atoms with Crippen LogP contribution < -0.4 is 9.46 Å². The molecule has 0 saturated carbocycles. The zero-order valence-corrected chi connectivity index (χ0v) is 20.8. The predicted molar refractivity (Wildman–Crippen MR) is 132 cm³/mol. The summed E-state index contributed by atoms with van der Waals surface area (Å²) in [6.45, 7) is 5.08. The normalized spacial score (nSPS) is 16.7. The van der Waals surface area contributed by atoms with E-state index in [1.165, 1.54) is 7.11 Å². The van der Waals surface area contributed by atoms with E-state index in [9.17, 15) is 8.42 Å². The van der Waals surface area contributed by atoms with Crippen LogP contribution in [0.1, 0.15) is 24.8 Å². The minimum atomic E-state index is -2.75. The monoisotopic (exact) mass is 513 g/mol. The van der Waals surface area contributed by atoms with Crippen LogP contribution in [0, 0.1) is 0 Å². The number of hydrogen-bond acceptors (Lipinski definition) is 10. The van der Waals surface area contributed by atoms with Gasteiger partial charge in [-0.15, -0.1) is 10.2 Å². The summed E-state index contributed by atoms with van der Waals surface area (Å²) in [6, 6.07) is 5.71. The average Bonchev–Trinajstić information content (AvgIpc) is 3.56. The Hall–Kier alpha value is -3.39. The molecule has 1 aliphatic rings. The number of nitrogens with zero attached hydrogens (tertiary/aromatic N) is 5. The van der Waals surface area contributed by atoms with Crippen molar-refractivity contribution in [1.29, 1.82) is 0 Å². The Balaban J connectivity index is 1.46. The molecule has 1 fully saturated rings. The fourth-order valence-corrected chi connectivity index (χ4v) is 4.60. The Morgan fingerprint density at radius 2 is 2.11 bits per heavy atom. The van der Waals surface area contributed by atoms with Gasteiger partial charge >= 0.3 is 0 Å². The molecule has 1 aliphatic heterocycles.